The van der Waals surface area contributed by atoms with E-state index in [-0.39, 0.29) is 34.5 Å². The lowest BCUT2D eigenvalue weighted by atomic mass is 10.0. The van der Waals surface area contributed by atoms with Crippen molar-refractivity contribution in [2.24, 2.45) is 18.9 Å². The van der Waals surface area contributed by atoms with Crippen LogP contribution in [0.5, 0.6) is 0 Å². The van der Waals surface area contributed by atoms with Gasteiger partial charge in [0.2, 0.25) is 11.8 Å². The van der Waals surface area contributed by atoms with Gasteiger partial charge in [-0.25, -0.2) is 19.0 Å². The SMILES string of the molecule is Cc1ccc2nnc(C3(c4ccc5nc(NC(=O)C6CC6)cn5n4)CC3)n2c1.Cn1cc(-c2ccc3nnc(C4(c5ccc6nc(NC(=O)C7CC7)cn6n5)CC4)n3c2)cn1. The average Bonchev–Trinajstić information content (AvgIpc) is 4.18. The number of anilines is 2. The second-order valence-corrected chi connectivity index (χ2v) is 17.0. The molecule has 0 spiro atoms. The number of amides is 2. The van der Waals surface area contributed by atoms with Gasteiger partial charge in [0, 0.05) is 48.6 Å². The van der Waals surface area contributed by atoms with Crippen molar-refractivity contribution in [3.63, 3.8) is 0 Å². The Morgan fingerprint density at radius 3 is 1.59 bits per heavy atom. The molecule has 18 nitrogen and oxygen atoms in total. The van der Waals surface area contributed by atoms with Crippen LogP contribution in [0.25, 0.3) is 33.7 Å². The van der Waals surface area contributed by atoms with Crippen molar-refractivity contribution in [1.29, 1.82) is 0 Å². The number of aromatic nitrogens is 14. The second-order valence-electron chi connectivity index (χ2n) is 17.0. The first-order chi connectivity index (χ1) is 29.7. The fourth-order valence-corrected chi connectivity index (χ4v) is 8.26. The highest BCUT2D eigenvalue weighted by Crippen LogP contribution is 2.53. The summed E-state index contributed by atoms with van der Waals surface area (Å²) in [5.74, 6) is 3.27. The maximum Gasteiger partial charge on any atom is 0.228 e. The molecule has 0 saturated heterocycles. The molecule has 4 aliphatic carbocycles. The van der Waals surface area contributed by atoms with E-state index in [1.807, 2.05) is 68.0 Å². The summed E-state index contributed by atoms with van der Waals surface area (Å²) in [5, 5.41) is 37.5. The number of hydrogen-bond donors (Lipinski definition) is 2. The van der Waals surface area contributed by atoms with Crippen LogP contribution >= 0.6 is 0 Å². The number of carbonyl (C=O) groups excluding carboxylic acids is 2. The zero-order chi connectivity index (χ0) is 41.0. The first kappa shape index (κ1) is 35.6. The number of aryl methyl sites for hydroxylation is 2. The quantitative estimate of drug-likeness (QED) is 0.197. The van der Waals surface area contributed by atoms with Crippen LogP contribution in [0, 0.1) is 18.8 Å². The van der Waals surface area contributed by atoms with E-state index in [0.717, 1.165) is 96.8 Å². The maximum atomic E-state index is 12.1. The molecular weight excluding hydrogens is 773 g/mol. The first-order valence-electron chi connectivity index (χ1n) is 20.7. The molecule has 0 unspecified atom stereocenters. The summed E-state index contributed by atoms with van der Waals surface area (Å²) in [5.41, 5.74) is 7.70. The van der Waals surface area contributed by atoms with E-state index >= 15 is 0 Å². The van der Waals surface area contributed by atoms with Crippen molar-refractivity contribution in [3.05, 3.63) is 114 Å². The van der Waals surface area contributed by atoms with Crippen LogP contribution in [-0.4, -0.2) is 80.0 Å². The van der Waals surface area contributed by atoms with Crippen molar-refractivity contribution in [1.82, 2.24) is 68.2 Å². The van der Waals surface area contributed by atoms with Crippen LogP contribution < -0.4 is 10.6 Å². The molecule has 0 aliphatic heterocycles. The summed E-state index contributed by atoms with van der Waals surface area (Å²) in [6.45, 7) is 2.07. The number of rotatable bonds is 9. The molecule has 304 valence electrons. The van der Waals surface area contributed by atoms with Crippen molar-refractivity contribution >= 4 is 46.0 Å². The molecular formula is C43H40N16O2. The number of nitrogens with zero attached hydrogens (tertiary/aromatic N) is 14. The van der Waals surface area contributed by atoms with Gasteiger partial charge in [0.1, 0.15) is 11.6 Å². The van der Waals surface area contributed by atoms with E-state index in [9.17, 15) is 9.59 Å². The lowest BCUT2D eigenvalue weighted by Gasteiger charge is -2.13. The molecule has 18 heteroatoms. The van der Waals surface area contributed by atoms with Gasteiger partial charge in [-0.1, -0.05) is 6.07 Å². The predicted octanol–water partition coefficient (Wildman–Crippen LogP) is 5.11. The Balaban J connectivity index is 0.000000133. The lowest BCUT2D eigenvalue weighted by molar-refractivity contribution is -0.118. The lowest BCUT2D eigenvalue weighted by Crippen LogP contribution is -2.16. The van der Waals surface area contributed by atoms with Crippen LogP contribution in [0.3, 0.4) is 0 Å². The second kappa shape index (κ2) is 13.1. The van der Waals surface area contributed by atoms with E-state index in [4.69, 9.17) is 10.2 Å². The minimum atomic E-state index is -0.289. The molecule has 13 rings (SSSR count). The molecule has 2 N–H and O–H groups in total. The molecule has 4 fully saturated rings. The van der Waals surface area contributed by atoms with Gasteiger partial charge in [-0.2, -0.15) is 15.3 Å². The largest absolute Gasteiger partial charge is 0.309 e. The Kier molecular flexibility index (Phi) is 7.62. The number of nitrogens with one attached hydrogen (secondary N) is 2. The van der Waals surface area contributed by atoms with E-state index < -0.39 is 0 Å². The molecule has 0 radical (unpaired) electrons. The number of carbonyl (C=O) groups is 2. The van der Waals surface area contributed by atoms with Gasteiger partial charge in [-0.05, 0) is 106 Å². The molecule has 61 heavy (non-hydrogen) atoms. The smallest absolute Gasteiger partial charge is 0.228 e. The van der Waals surface area contributed by atoms with Crippen molar-refractivity contribution < 1.29 is 9.59 Å². The highest BCUT2D eigenvalue weighted by atomic mass is 16.2. The van der Waals surface area contributed by atoms with E-state index in [1.165, 1.54) is 5.56 Å². The topological polar surface area (TPSA) is 197 Å². The summed E-state index contributed by atoms with van der Waals surface area (Å²) >= 11 is 0. The van der Waals surface area contributed by atoms with Crippen LogP contribution in [0.2, 0.25) is 0 Å². The van der Waals surface area contributed by atoms with E-state index in [0.29, 0.717) is 22.9 Å². The fraction of sp³-hybridized carbons (Fsp3) is 0.326. The summed E-state index contributed by atoms with van der Waals surface area (Å²) in [6.07, 6.45) is 19.3. The normalized spacial score (nSPS) is 17.4. The third-order valence-electron chi connectivity index (χ3n) is 12.4. The van der Waals surface area contributed by atoms with Crippen molar-refractivity contribution in [2.45, 2.75) is 69.1 Å². The number of imidazole rings is 2. The third kappa shape index (κ3) is 6.19. The predicted molar refractivity (Wildman–Crippen MR) is 222 cm³/mol. The summed E-state index contributed by atoms with van der Waals surface area (Å²) in [6, 6.07) is 16.0. The van der Waals surface area contributed by atoms with Gasteiger partial charge in [0.05, 0.1) is 40.8 Å². The van der Waals surface area contributed by atoms with E-state index in [2.05, 4.69) is 74.2 Å². The molecule has 0 bridgehead atoms. The summed E-state index contributed by atoms with van der Waals surface area (Å²) in [7, 11) is 1.91. The Morgan fingerprint density at radius 1 is 0.590 bits per heavy atom. The summed E-state index contributed by atoms with van der Waals surface area (Å²) in [4.78, 5) is 33.1. The van der Waals surface area contributed by atoms with Crippen LogP contribution in [0.1, 0.15) is 80.0 Å². The first-order valence-corrected chi connectivity index (χ1v) is 20.7. The maximum absolute atomic E-state index is 12.1. The average molecular weight is 813 g/mol. The van der Waals surface area contributed by atoms with Gasteiger partial charge in [-0.15, -0.1) is 20.4 Å². The van der Waals surface area contributed by atoms with Gasteiger partial charge in [-0.3, -0.25) is 23.1 Å². The van der Waals surface area contributed by atoms with Crippen molar-refractivity contribution in [3.8, 4) is 11.1 Å². The number of hydrogen-bond acceptors (Lipinski definition) is 11. The molecule has 0 aromatic carbocycles. The highest BCUT2D eigenvalue weighted by molar-refractivity contribution is 5.94. The van der Waals surface area contributed by atoms with E-state index in [1.54, 1.807) is 26.1 Å². The monoisotopic (exact) mass is 812 g/mol. The zero-order valence-corrected chi connectivity index (χ0v) is 33.5. The highest BCUT2D eigenvalue weighted by Gasteiger charge is 2.52. The minimum Gasteiger partial charge on any atom is -0.309 e. The Hall–Kier alpha value is -7.37. The summed E-state index contributed by atoms with van der Waals surface area (Å²) < 4.78 is 9.41. The fourth-order valence-electron chi connectivity index (χ4n) is 8.26. The molecule has 4 aliphatic rings. The van der Waals surface area contributed by atoms with Crippen LogP contribution in [0.15, 0.2) is 85.7 Å². The molecule has 2 amide bonds. The number of fused-ring (bicyclic) bond motifs is 4. The van der Waals surface area contributed by atoms with Crippen molar-refractivity contribution in [2.75, 3.05) is 10.6 Å². The molecule has 4 saturated carbocycles. The van der Waals surface area contributed by atoms with Gasteiger partial charge in [0.25, 0.3) is 0 Å². The molecule has 9 aromatic heterocycles. The zero-order valence-electron chi connectivity index (χ0n) is 33.5. The molecule has 9 heterocycles. The van der Waals surface area contributed by atoms with Crippen LogP contribution in [0.4, 0.5) is 11.6 Å². The Bertz CT molecular complexity index is 3220. The van der Waals surface area contributed by atoms with Gasteiger partial charge >= 0.3 is 0 Å². The van der Waals surface area contributed by atoms with Gasteiger partial charge < -0.3 is 10.6 Å². The third-order valence-corrected chi connectivity index (χ3v) is 12.4. The molecule has 9 aromatic rings. The standard InChI is InChI=1S/C23H21N9O.C20H19N7O/c1-30-11-16(10-24-30)15-4-6-20-27-28-22(31(20)12-15)23(8-9-23)17-5-7-19-25-18(13-32(19)29-17)26-21(33)14-2-3-14;1-12-2-6-17-23-24-19(26(17)10-12)20(8-9-20)14-5-7-16-21-15(11-27(16)25-14)22-18(28)13-3-4-13/h4-7,10-14H,2-3,8-9H2,1H3,(H,26,33);2,5-7,10-11,13H,3-4,8-9H2,1H3,(H,22,28). The Labute approximate surface area is 347 Å². The Morgan fingerprint density at radius 2 is 1.10 bits per heavy atom. The molecule has 0 atom stereocenters. The number of pyridine rings is 2. The van der Waals surface area contributed by atoms with Crippen LogP contribution in [-0.2, 0) is 27.5 Å². The minimum absolute atomic E-state index is 0.0386. The van der Waals surface area contributed by atoms with Gasteiger partial charge in [0.15, 0.2) is 34.2 Å².